The van der Waals surface area contributed by atoms with Crippen molar-refractivity contribution < 1.29 is 19.5 Å². The van der Waals surface area contributed by atoms with E-state index in [0.717, 1.165) is 17.7 Å². The number of carboxylic acids is 1. The lowest BCUT2D eigenvalue weighted by molar-refractivity contribution is -0.159. The summed E-state index contributed by atoms with van der Waals surface area (Å²) in [5.74, 6) is -1.44. The molecule has 6 nitrogen and oxygen atoms in total. The first kappa shape index (κ1) is 19.0. The summed E-state index contributed by atoms with van der Waals surface area (Å²) in [6, 6.07) is 7.44. The maximum Gasteiger partial charge on any atom is 0.310 e. The summed E-state index contributed by atoms with van der Waals surface area (Å²) in [6.07, 6.45) is 2.58. The third-order valence-electron chi connectivity index (χ3n) is 4.85. The number of para-hydroxylation sites is 1. The van der Waals surface area contributed by atoms with Crippen LogP contribution in [0, 0.1) is 12.3 Å². The number of benzene rings is 1. The molecule has 2 rings (SSSR count). The van der Waals surface area contributed by atoms with Gasteiger partial charge in [0.15, 0.2) is 0 Å². The Labute approximate surface area is 148 Å². The molecule has 1 saturated carbocycles. The Hall–Kier alpha value is -2.37. The molecule has 1 aliphatic rings. The van der Waals surface area contributed by atoms with Crippen LogP contribution >= 0.6 is 0 Å². The fraction of sp³-hybridized carbons (Fsp3) is 0.526. The maximum absolute atomic E-state index is 12.6. The van der Waals surface area contributed by atoms with Gasteiger partial charge in [0.05, 0.1) is 12.0 Å². The Morgan fingerprint density at radius 3 is 2.44 bits per heavy atom. The summed E-state index contributed by atoms with van der Waals surface area (Å²) in [5, 5.41) is 12.2. The Bertz CT molecular complexity index is 653. The highest BCUT2D eigenvalue weighted by Gasteiger charge is 2.46. The number of hydrogen-bond donors (Lipinski definition) is 2. The summed E-state index contributed by atoms with van der Waals surface area (Å²) >= 11 is 0. The molecule has 0 atom stereocenters. The largest absolute Gasteiger partial charge is 0.481 e. The number of carbonyl (C=O) groups is 3. The Morgan fingerprint density at radius 1 is 1.24 bits per heavy atom. The number of hydrogen-bond acceptors (Lipinski definition) is 3. The molecule has 0 bridgehead atoms. The van der Waals surface area contributed by atoms with E-state index in [2.05, 4.69) is 5.32 Å². The topological polar surface area (TPSA) is 86.7 Å². The van der Waals surface area contributed by atoms with Crippen molar-refractivity contribution in [3.8, 4) is 0 Å². The summed E-state index contributed by atoms with van der Waals surface area (Å²) in [6.45, 7) is 4.21. The number of carboxylic acid groups (broad SMARTS) is 1. The molecule has 0 unspecified atom stereocenters. The fourth-order valence-corrected chi connectivity index (χ4v) is 3.11. The van der Waals surface area contributed by atoms with Crippen molar-refractivity contribution in [2.45, 2.75) is 46.0 Å². The summed E-state index contributed by atoms with van der Waals surface area (Å²) in [4.78, 5) is 37.8. The van der Waals surface area contributed by atoms with Crippen molar-refractivity contribution in [3.05, 3.63) is 29.8 Å². The van der Waals surface area contributed by atoms with Gasteiger partial charge in [-0.3, -0.25) is 14.4 Å². The monoisotopic (exact) mass is 346 g/mol. The van der Waals surface area contributed by atoms with Gasteiger partial charge in [-0.1, -0.05) is 31.5 Å². The molecule has 2 amide bonds. The van der Waals surface area contributed by atoms with Gasteiger partial charge in [0.2, 0.25) is 11.8 Å². The molecule has 0 saturated heterocycles. The predicted molar refractivity (Wildman–Crippen MR) is 95.2 cm³/mol. The number of aryl methyl sites for hydroxylation is 1. The molecule has 1 fully saturated rings. The van der Waals surface area contributed by atoms with Gasteiger partial charge < -0.3 is 15.3 Å². The van der Waals surface area contributed by atoms with E-state index in [0.29, 0.717) is 25.8 Å². The molecule has 1 aromatic carbocycles. The summed E-state index contributed by atoms with van der Waals surface area (Å²) in [5.41, 5.74) is 0.733. The quantitative estimate of drug-likeness (QED) is 0.758. The third-order valence-corrected chi connectivity index (χ3v) is 4.85. The van der Waals surface area contributed by atoms with E-state index < -0.39 is 11.4 Å². The van der Waals surface area contributed by atoms with Crippen LogP contribution in [0.1, 0.15) is 44.6 Å². The van der Waals surface area contributed by atoms with Gasteiger partial charge in [0.1, 0.15) is 0 Å². The van der Waals surface area contributed by atoms with Gasteiger partial charge in [-0.25, -0.2) is 0 Å². The molecule has 0 heterocycles. The van der Waals surface area contributed by atoms with Crippen molar-refractivity contribution >= 4 is 23.5 Å². The van der Waals surface area contributed by atoms with Gasteiger partial charge in [-0.05, 0) is 37.8 Å². The molecular weight excluding hydrogens is 320 g/mol. The number of rotatable bonds is 8. The lowest BCUT2D eigenvalue weighted by Crippen LogP contribution is -2.45. The molecule has 2 N–H and O–H groups in total. The van der Waals surface area contributed by atoms with Crippen LogP contribution in [0.4, 0.5) is 5.69 Å². The highest BCUT2D eigenvalue weighted by Crippen LogP contribution is 2.44. The van der Waals surface area contributed by atoms with Crippen LogP contribution < -0.4 is 5.32 Å². The normalized spacial score (nSPS) is 15.1. The standard InChI is InChI=1S/C19H26N2O4/c1-3-11-21(17(23)12-19(18(24)25)9-6-10-19)13-16(22)20-15-8-5-4-7-14(15)2/h4-5,7-8H,3,6,9-13H2,1-2H3,(H,20,22)(H,24,25). The molecule has 0 radical (unpaired) electrons. The van der Waals surface area contributed by atoms with Gasteiger partial charge in [-0.15, -0.1) is 0 Å². The smallest absolute Gasteiger partial charge is 0.310 e. The average molecular weight is 346 g/mol. The van der Waals surface area contributed by atoms with Crippen molar-refractivity contribution in [1.29, 1.82) is 0 Å². The van der Waals surface area contributed by atoms with Gasteiger partial charge in [-0.2, -0.15) is 0 Å². The molecule has 1 aliphatic carbocycles. The first-order valence-corrected chi connectivity index (χ1v) is 8.74. The Morgan fingerprint density at radius 2 is 1.92 bits per heavy atom. The van der Waals surface area contributed by atoms with E-state index in [1.165, 1.54) is 4.90 Å². The van der Waals surface area contributed by atoms with Crippen molar-refractivity contribution in [3.63, 3.8) is 0 Å². The lowest BCUT2D eigenvalue weighted by Gasteiger charge is -2.38. The van der Waals surface area contributed by atoms with Crippen molar-refractivity contribution in [2.24, 2.45) is 5.41 Å². The number of nitrogens with one attached hydrogen (secondary N) is 1. The molecular formula is C19H26N2O4. The maximum atomic E-state index is 12.6. The SMILES string of the molecule is CCCN(CC(=O)Nc1ccccc1C)C(=O)CC1(C(=O)O)CCC1. The third kappa shape index (κ3) is 4.59. The number of carbonyl (C=O) groups excluding carboxylic acids is 2. The Balaban J connectivity index is 1.99. The molecule has 0 aliphatic heterocycles. The Kier molecular flexibility index (Phi) is 6.17. The van der Waals surface area contributed by atoms with Crippen LogP contribution in [0.3, 0.4) is 0 Å². The first-order chi connectivity index (χ1) is 11.9. The number of anilines is 1. The zero-order valence-electron chi connectivity index (χ0n) is 14.9. The summed E-state index contributed by atoms with van der Waals surface area (Å²) < 4.78 is 0. The lowest BCUT2D eigenvalue weighted by atomic mass is 9.66. The minimum Gasteiger partial charge on any atom is -0.481 e. The van der Waals surface area contributed by atoms with Gasteiger partial charge >= 0.3 is 5.97 Å². The molecule has 25 heavy (non-hydrogen) atoms. The van der Waals surface area contributed by atoms with Crippen molar-refractivity contribution in [1.82, 2.24) is 4.90 Å². The van der Waals surface area contributed by atoms with Gasteiger partial charge in [0, 0.05) is 18.7 Å². The number of nitrogens with zero attached hydrogens (tertiary/aromatic N) is 1. The zero-order valence-corrected chi connectivity index (χ0v) is 14.9. The van der Waals surface area contributed by atoms with Crippen LogP contribution in [0.15, 0.2) is 24.3 Å². The summed E-state index contributed by atoms with van der Waals surface area (Å²) in [7, 11) is 0. The van der Waals surface area contributed by atoms with E-state index in [-0.39, 0.29) is 24.8 Å². The second-order valence-electron chi connectivity index (χ2n) is 6.79. The van der Waals surface area contributed by atoms with E-state index in [4.69, 9.17) is 0 Å². The average Bonchev–Trinajstić information content (AvgIpc) is 2.52. The zero-order chi connectivity index (χ0) is 18.4. The van der Waals surface area contributed by atoms with E-state index in [9.17, 15) is 19.5 Å². The minimum absolute atomic E-state index is 0.0278. The predicted octanol–water partition coefficient (Wildman–Crippen LogP) is 2.82. The number of amides is 2. The van der Waals surface area contributed by atoms with E-state index in [1.807, 2.05) is 38.1 Å². The van der Waals surface area contributed by atoms with E-state index in [1.54, 1.807) is 0 Å². The molecule has 0 spiro atoms. The molecule has 136 valence electrons. The molecule has 6 heteroatoms. The van der Waals surface area contributed by atoms with Crippen molar-refractivity contribution in [2.75, 3.05) is 18.4 Å². The van der Waals surface area contributed by atoms with Crippen LogP contribution in [0.25, 0.3) is 0 Å². The highest BCUT2D eigenvalue weighted by molar-refractivity contribution is 5.95. The number of aliphatic carboxylic acids is 1. The second-order valence-corrected chi connectivity index (χ2v) is 6.79. The molecule has 1 aromatic rings. The van der Waals surface area contributed by atoms with Gasteiger partial charge in [0.25, 0.3) is 0 Å². The van der Waals surface area contributed by atoms with Crippen LogP contribution in [-0.4, -0.2) is 40.9 Å². The van der Waals surface area contributed by atoms with Crippen LogP contribution in [0.5, 0.6) is 0 Å². The van der Waals surface area contributed by atoms with E-state index >= 15 is 0 Å². The van der Waals surface area contributed by atoms with Crippen LogP contribution in [-0.2, 0) is 14.4 Å². The molecule has 0 aromatic heterocycles. The highest BCUT2D eigenvalue weighted by atomic mass is 16.4. The second kappa shape index (κ2) is 8.14. The first-order valence-electron chi connectivity index (χ1n) is 8.74. The minimum atomic E-state index is -0.935. The van der Waals surface area contributed by atoms with Crippen LogP contribution in [0.2, 0.25) is 0 Å². The fourth-order valence-electron chi connectivity index (χ4n) is 3.11.